The predicted molar refractivity (Wildman–Crippen MR) is 130 cm³/mol. The summed E-state index contributed by atoms with van der Waals surface area (Å²) in [5, 5.41) is 0. The van der Waals surface area contributed by atoms with Crippen LogP contribution in [0.4, 0.5) is 22.0 Å². The fourth-order valence-corrected chi connectivity index (χ4v) is 5.95. The number of benzene rings is 3. The van der Waals surface area contributed by atoms with Gasteiger partial charge in [0.15, 0.2) is 23.3 Å². The third-order valence-corrected chi connectivity index (χ3v) is 7.60. The topological polar surface area (TPSA) is 0 Å². The lowest BCUT2D eigenvalue weighted by atomic mass is 9.67. The van der Waals surface area contributed by atoms with E-state index in [1.807, 2.05) is 6.07 Å². The summed E-state index contributed by atoms with van der Waals surface area (Å²) in [5.41, 5.74) is -0.814. The Hall–Kier alpha value is -2.69. The zero-order chi connectivity index (χ0) is 25.1. The molecule has 4 rings (SSSR count). The Morgan fingerprint density at radius 3 is 2.03 bits per heavy atom. The first kappa shape index (κ1) is 25.4. The highest BCUT2D eigenvalue weighted by Gasteiger charge is 2.37. The normalized spacial score (nSPS) is 19.1. The molecule has 3 unspecified atom stereocenters. The van der Waals surface area contributed by atoms with Gasteiger partial charge in [-0.05, 0) is 47.8 Å². The second-order valence-electron chi connectivity index (χ2n) is 9.62. The molecular weight excluding hydrogens is 455 g/mol. The third-order valence-electron chi connectivity index (χ3n) is 7.60. The van der Waals surface area contributed by atoms with Crippen LogP contribution >= 0.6 is 0 Å². The summed E-state index contributed by atoms with van der Waals surface area (Å²) in [6.07, 6.45) is 5.98. The highest BCUT2D eigenvalue weighted by molar-refractivity contribution is 5.72. The summed E-state index contributed by atoms with van der Waals surface area (Å²) in [4.78, 5) is 0. The lowest BCUT2D eigenvalue weighted by molar-refractivity contribution is 0.179. The van der Waals surface area contributed by atoms with Crippen molar-refractivity contribution in [3.8, 4) is 22.3 Å². The third kappa shape index (κ3) is 4.87. The molecule has 3 atom stereocenters. The Morgan fingerprint density at radius 2 is 1.43 bits per heavy atom. The average molecular weight is 487 g/mol. The molecule has 0 nitrogen and oxygen atoms in total. The first-order valence-electron chi connectivity index (χ1n) is 12.6. The molecule has 0 aromatic heterocycles. The van der Waals surface area contributed by atoms with Crippen LogP contribution < -0.4 is 0 Å². The van der Waals surface area contributed by atoms with Crippen LogP contribution in [-0.4, -0.2) is 0 Å². The van der Waals surface area contributed by atoms with Crippen LogP contribution in [-0.2, 0) is 0 Å². The summed E-state index contributed by atoms with van der Waals surface area (Å²) in [6, 6.07) is 12.7. The molecule has 5 heteroatoms. The van der Waals surface area contributed by atoms with Gasteiger partial charge in [0.25, 0.3) is 0 Å². The van der Waals surface area contributed by atoms with Gasteiger partial charge in [0.2, 0.25) is 0 Å². The number of halogens is 5. The van der Waals surface area contributed by atoms with Crippen LogP contribution in [0.5, 0.6) is 0 Å². The fourth-order valence-electron chi connectivity index (χ4n) is 5.95. The first-order chi connectivity index (χ1) is 16.9. The molecule has 0 N–H and O–H groups in total. The van der Waals surface area contributed by atoms with E-state index in [2.05, 4.69) is 6.92 Å². The van der Waals surface area contributed by atoms with Gasteiger partial charge >= 0.3 is 0 Å². The van der Waals surface area contributed by atoms with Crippen LogP contribution in [0.25, 0.3) is 22.3 Å². The number of hydrogen-bond donors (Lipinski definition) is 0. The quantitative estimate of drug-likeness (QED) is 0.230. The van der Waals surface area contributed by atoms with E-state index in [4.69, 9.17) is 0 Å². The zero-order valence-electron chi connectivity index (χ0n) is 20.2. The lowest BCUT2D eigenvalue weighted by Crippen LogP contribution is -2.27. The molecule has 0 spiro atoms. The average Bonchev–Trinajstić information content (AvgIpc) is 2.87. The predicted octanol–water partition coefficient (Wildman–Crippen LogP) is 9.82. The van der Waals surface area contributed by atoms with E-state index >= 15 is 22.0 Å². The van der Waals surface area contributed by atoms with E-state index in [-0.39, 0.29) is 11.8 Å². The molecular formula is C30H31F5. The molecule has 0 heterocycles. The van der Waals surface area contributed by atoms with Crippen LogP contribution in [0.15, 0.2) is 48.5 Å². The molecule has 1 aliphatic carbocycles. The molecule has 0 amide bonds. The van der Waals surface area contributed by atoms with Crippen molar-refractivity contribution in [2.75, 3.05) is 0 Å². The molecule has 35 heavy (non-hydrogen) atoms. The molecule has 3 aromatic rings. The van der Waals surface area contributed by atoms with Gasteiger partial charge in [0.1, 0.15) is 5.82 Å². The maximum atomic E-state index is 15.5. The van der Waals surface area contributed by atoms with Crippen molar-refractivity contribution in [1.82, 2.24) is 0 Å². The Morgan fingerprint density at radius 1 is 0.771 bits per heavy atom. The van der Waals surface area contributed by atoms with Crippen LogP contribution in [0, 0.1) is 40.9 Å². The summed E-state index contributed by atoms with van der Waals surface area (Å²) < 4.78 is 76.7. The minimum absolute atomic E-state index is 0.0377. The minimum atomic E-state index is -1.54. The molecule has 0 saturated heterocycles. The van der Waals surface area contributed by atoms with Crippen molar-refractivity contribution in [3.63, 3.8) is 0 Å². The molecule has 1 aliphatic rings. The maximum absolute atomic E-state index is 15.5. The van der Waals surface area contributed by atoms with Gasteiger partial charge in [-0.15, -0.1) is 0 Å². The molecule has 1 fully saturated rings. The summed E-state index contributed by atoms with van der Waals surface area (Å²) >= 11 is 0. The van der Waals surface area contributed by atoms with Gasteiger partial charge in [-0.1, -0.05) is 88.4 Å². The van der Waals surface area contributed by atoms with E-state index in [1.54, 1.807) is 31.2 Å². The molecule has 0 aliphatic heterocycles. The smallest absolute Gasteiger partial charge is 0.170 e. The van der Waals surface area contributed by atoms with Crippen molar-refractivity contribution >= 4 is 0 Å². The monoisotopic (exact) mass is 486 g/mol. The van der Waals surface area contributed by atoms with Gasteiger partial charge in [-0.2, -0.15) is 0 Å². The van der Waals surface area contributed by atoms with E-state index < -0.39 is 51.7 Å². The van der Waals surface area contributed by atoms with Crippen molar-refractivity contribution in [2.24, 2.45) is 11.8 Å². The van der Waals surface area contributed by atoms with Gasteiger partial charge < -0.3 is 0 Å². The summed E-state index contributed by atoms with van der Waals surface area (Å²) in [5.74, 6) is -7.22. The summed E-state index contributed by atoms with van der Waals surface area (Å²) in [6.45, 7) is 3.87. The van der Waals surface area contributed by atoms with Crippen LogP contribution in [0.3, 0.4) is 0 Å². The van der Waals surface area contributed by atoms with E-state index in [0.29, 0.717) is 17.5 Å². The van der Waals surface area contributed by atoms with Crippen molar-refractivity contribution in [2.45, 2.75) is 64.7 Å². The van der Waals surface area contributed by atoms with Gasteiger partial charge in [-0.25, -0.2) is 22.0 Å². The molecule has 1 saturated carbocycles. The molecule has 3 aromatic carbocycles. The molecule has 0 radical (unpaired) electrons. The standard InChI is InChI=1S/C30H31F5/c1-3-10-19-13-8-9-14-22(19)21(4-2)25-27(32)29(34)26(30(35)28(25)33)23-16-15-20(17-24(23)31)18-11-6-5-7-12-18/h5-7,11-12,15-17,19,21-22H,3-4,8-10,13-14H2,1-2H3. The van der Waals surface area contributed by atoms with Crippen LogP contribution in [0.2, 0.25) is 0 Å². The largest absolute Gasteiger partial charge is 0.206 e. The SMILES string of the molecule is CCCC1CCCCC1C(CC)c1c(F)c(F)c(-c2ccc(-c3ccccc3)cc2F)c(F)c1F. The lowest BCUT2D eigenvalue weighted by Gasteiger charge is -2.37. The van der Waals surface area contributed by atoms with Crippen molar-refractivity contribution < 1.29 is 22.0 Å². The highest BCUT2D eigenvalue weighted by atomic mass is 19.2. The van der Waals surface area contributed by atoms with Crippen molar-refractivity contribution in [3.05, 3.63) is 83.2 Å². The fraction of sp³-hybridized carbons (Fsp3) is 0.400. The van der Waals surface area contributed by atoms with E-state index in [0.717, 1.165) is 44.6 Å². The Balaban J connectivity index is 1.79. The van der Waals surface area contributed by atoms with Gasteiger partial charge in [-0.3, -0.25) is 0 Å². The second kappa shape index (κ2) is 10.9. The minimum Gasteiger partial charge on any atom is -0.206 e. The highest BCUT2D eigenvalue weighted by Crippen LogP contribution is 2.47. The molecule has 186 valence electrons. The van der Waals surface area contributed by atoms with Crippen molar-refractivity contribution in [1.29, 1.82) is 0 Å². The van der Waals surface area contributed by atoms with Crippen LogP contribution in [0.1, 0.15) is 70.3 Å². The number of hydrogen-bond acceptors (Lipinski definition) is 0. The maximum Gasteiger partial charge on any atom is 0.170 e. The first-order valence-corrected chi connectivity index (χ1v) is 12.6. The number of rotatable bonds is 7. The Labute approximate surface area is 204 Å². The van der Waals surface area contributed by atoms with E-state index in [1.165, 1.54) is 12.1 Å². The van der Waals surface area contributed by atoms with E-state index in [9.17, 15) is 0 Å². The Kier molecular flexibility index (Phi) is 7.93. The van der Waals surface area contributed by atoms with Gasteiger partial charge in [0.05, 0.1) is 5.56 Å². The Bertz CT molecular complexity index is 1140. The zero-order valence-corrected chi connectivity index (χ0v) is 20.2. The second-order valence-corrected chi connectivity index (χ2v) is 9.62. The van der Waals surface area contributed by atoms with Gasteiger partial charge in [0, 0.05) is 11.1 Å². The summed E-state index contributed by atoms with van der Waals surface area (Å²) in [7, 11) is 0. The molecule has 0 bridgehead atoms.